The van der Waals surface area contributed by atoms with Crippen molar-refractivity contribution < 1.29 is 18.7 Å². The Morgan fingerprint density at radius 3 is 2.48 bits per heavy atom. The van der Waals surface area contributed by atoms with Gasteiger partial charge in [0.25, 0.3) is 0 Å². The number of fused-ring (bicyclic) bond motifs is 1. The average Bonchev–Trinajstić information content (AvgIpc) is 2.74. The minimum atomic E-state index is -1.35. The quantitative estimate of drug-likeness (QED) is 0.915. The van der Waals surface area contributed by atoms with Gasteiger partial charge in [-0.1, -0.05) is 18.2 Å². The standard InChI is InChI=1S/C16H13F2NO2/c1-9-6-10-4-2-3-5-14(10)19(9)15-12(17)7-11(16(20)21)8-13(15)18/h2-5,7-9H,6H2,1H3,(H,20,21). The molecule has 3 nitrogen and oxygen atoms in total. The molecule has 0 amide bonds. The maximum absolute atomic E-state index is 14.2. The van der Waals surface area contributed by atoms with Crippen LogP contribution in [0.5, 0.6) is 0 Å². The molecule has 3 rings (SSSR count). The molecule has 0 spiro atoms. The Labute approximate surface area is 120 Å². The first kappa shape index (κ1) is 13.5. The normalized spacial score (nSPS) is 16.9. The van der Waals surface area contributed by atoms with Crippen molar-refractivity contribution in [2.45, 2.75) is 19.4 Å². The van der Waals surface area contributed by atoms with E-state index in [0.717, 1.165) is 23.4 Å². The lowest BCUT2D eigenvalue weighted by atomic mass is 10.1. The van der Waals surface area contributed by atoms with Crippen LogP contribution in [0.1, 0.15) is 22.8 Å². The molecule has 1 heterocycles. The van der Waals surface area contributed by atoms with Gasteiger partial charge in [-0.05, 0) is 37.1 Å². The van der Waals surface area contributed by atoms with Crippen molar-refractivity contribution in [3.63, 3.8) is 0 Å². The first-order chi connectivity index (χ1) is 9.99. The average molecular weight is 289 g/mol. The zero-order valence-corrected chi connectivity index (χ0v) is 11.3. The van der Waals surface area contributed by atoms with Crippen molar-refractivity contribution in [2.75, 3.05) is 4.90 Å². The van der Waals surface area contributed by atoms with Crippen LogP contribution in [0.4, 0.5) is 20.2 Å². The number of carboxylic acid groups (broad SMARTS) is 1. The summed E-state index contributed by atoms with van der Waals surface area (Å²) in [6.45, 7) is 1.88. The number of rotatable bonds is 2. The van der Waals surface area contributed by atoms with E-state index in [1.54, 1.807) is 4.90 Å². The van der Waals surface area contributed by atoms with E-state index in [4.69, 9.17) is 5.11 Å². The Morgan fingerprint density at radius 2 is 1.86 bits per heavy atom. The number of nitrogens with zero attached hydrogens (tertiary/aromatic N) is 1. The van der Waals surface area contributed by atoms with Crippen molar-refractivity contribution in [1.29, 1.82) is 0 Å². The highest BCUT2D eigenvalue weighted by molar-refractivity contribution is 5.88. The number of aromatic carboxylic acids is 1. The number of carboxylic acids is 1. The van der Waals surface area contributed by atoms with Gasteiger partial charge in [-0.15, -0.1) is 0 Å². The third-order valence-electron chi connectivity index (χ3n) is 3.71. The Balaban J connectivity index is 2.15. The lowest BCUT2D eigenvalue weighted by molar-refractivity contribution is 0.0696. The summed E-state index contributed by atoms with van der Waals surface area (Å²) < 4.78 is 28.5. The summed E-state index contributed by atoms with van der Waals surface area (Å²) in [5, 5.41) is 8.85. The SMILES string of the molecule is CC1Cc2ccccc2N1c1c(F)cc(C(=O)O)cc1F. The molecule has 5 heteroatoms. The predicted molar refractivity (Wildman–Crippen MR) is 75.1 cm³/mol. The Hall–Kier alpha value is -2.43. The van der Waals surface area contributed by atoms with Crippen LogP contribution in [-0.4, -0.2) is 17.1 Å². The third kappa shape index (κ3) is 2.14. The van der Waals surface area contributed by atoms with E-state index in [1.807, 2.05) is 31.2 Å². The van der Waals surface area contributed by atoms with Crippen LogP contribution in [0.15, 0.2) is 36.4 Å². The third-order valence-corrected chi connectivity index (χ3v) is 3.71. The number of hydrogen-bond acceptors (Lipinski definition) is 2. The van der Waals surface area contributed by atoms with Gasteiger partial charge >= 0.3 is 5.97 Å². The second kappa shape index (κ2) is 4.84. The molecule has 108 valence electrons. The van der Waals surface area contributed by atoms with Crippen LogP contribution < -0.4 is 4.90 Å². The molecule has 0 bridgehead atoms. The van der Waals surface area contributed by atoms with E-state index in [2.05, 4.69) is 0 Å². The van der Waals surface area contributed by atoms with E-state index in [-0.39, 0.29) is 11.7 Å². The van der Waals surface area contributed by atoms with Crippen molar-refractivity contribution >= 4 is 17.3 Å². The number of benzene rings is 2. The summed E-state index contributed by atoms with van der Waals surface area (Å²) in [5.74, 6) is -3.08. The molecule has 0 aliphatic carbocycles. The Kier molecular flexibility index (Phi) is 3.12. The fraction of sp³-hybridized carbons (Fsp3) is 0.188. The van der Waals surface area contributed by atoms with Crippen molar-refractivity contribution in [3.05, 3.63) is 59.2 Å². The Bertz CT molecular complexity index is 707. The largest absolute Gasteiger partial charge is 0.478 e. The molecule has 0 saturated heterocycles. The van der Waals surface area contributed by atoms with Crippen molar-refractivity contribution in [3.8, 4) is 0 Å². The number of anilines is 2. The second-order valence-corrected chi connectivity index (χ2v) is 5.15. The first-order valence-electron chi connectivity index (χ1n) is 6.58. The van der Waals surface area contributed by atoms with Crippen LogP contribution in [0.3, 0.4) is 0 Å². The fourth-order valence-electron chi connectivity index (χ4n) is 2.83. The first-order valence-corrected chi connectivity index (χ1v) is 6.58. The minimum Gasteiger partial charge on any atom is -0.478 e. The summed E-state index contributed by atoms with van der Waals surface area (Å²) in [4.78, 5) is 12.4. The van der Waals surface area contributed by atoms with E-state index in [0.29, 0.717) is 6.42 Å². The van der Waals surface area contributed by atoms with Crippen LogP contribution in [-0.2, 0) is 6.42 Å². The molecular weight excluding hydrogens is 276 g/mol. The minimum absolute atomic E-state index is 0.0953. The van der Waals surface area contributed by atoms with E-state index >= 15 is 0 Å². The zero-order valence-electron chi connectivity index (χ0n) is 11.3. The van der Waals surface area contributed by atoms with Crippen molar-refractivity contribution in [2.24, 2.45) is 0 Å². The van der Waals surface area contributed by atoms with Gasteiger partial charge in [0.2, 0.25) is 0 Å². The molecule has 0 fully saturated rings. The lowest BCUT2D eigenvalue weighted by Crippen LogP contribution is -2.26. The predicted octanol–water partition coefficient (Wildman–Crippen LogP) is 3.75. The molecule has 0 aromatic heterocycles. The fourth-order valence-corrected chi connectivity index (χ4v) is 2.83. The topological polar surface area (TPSA) is 40.5 Å². The maximum atomic E-state index is 14.2. The number of halogens is 2. The van der Waals surface area contributed by atoms with Crippen LogP contribution in [0.25, 0.3) is 0 Å². The molecule has 1 aliphatic heterocycles. The molecule has 2 aromatic rings. The van der Waals surface area contributed by atoms with Gasteiger partial charge in [0.15, 0.2) is 11.6 Å². The molecular formula is C16H13F2NO2. The van der Waals surface area contributed by atoms with Gasteiger partial charge < -0.3 is 10.0 Å². The monoisotopic (exact) mass is 289 g/mol. The molecule has 1 atom stereocenters. The van der Waals surface area contributed by atoms with Gasteiger partial charge in [0.05, 0.1) is 5.56 Å². The highest BCUT2D eigenvalue weighted by Gasteiger charge is 2.31. The van der Waals surface area contributed by atoms with E-state index in [9.17, 15) is 13.6 Å². The summed E-state index contributed by atoms with van der Waals surface area (Å²) in [5.41, 5.74) is 1.18. The van der Waals surface area contributed by atoms with Crippen LogP contribution in [0, 0.1) is 11.6 Å². The number of carbonyl (C=O) groups is 1. The molecule has 1 unspecified atom stereocenters. The van der Waals surface area contributed by atoms with Gasteiger partial charge in [-0.25, -0.2) is 13.6 Å². The lowest BCUT2D eigenvalue weighted by Gasteiger charge is -2.26. The molecule has 21 heavy (non-hydrogen) atoms. The summed E-state index contributed by atoms with van der Waals surface area (Å²) in [7, 11) is 0. The van der Waals surface area contributed by atoms with Gasteiger partial charge in [-0.3, -0.25) is 0 Å². The van der Waals surface area contributed by atoms with Crippen molar-refractivity contribution in [1.82, 2.24) is 0 Å². The van der Waals surface area contributed by atoms with E-state index < -0.39 is 23.2 Å². The Morgan fingerprint density at radius 1 is 1.24 bits per heavy atom. The van der Waals surface area contributed by atoms with E-state index in [1.165, 1.54) is 0 Å². The zero-order chi connectivity index (χ0) is 15.1. The van der Waals surface area contributed by atoms with Crippen LogP contribution >= 0.6 is 0 Å². The van der Waals surface area contributed by atoms with Gasteiger partial charge in [0, 0.05) is 11.7 Å². The molecule has 0 radical (unpaired) electrons. The molecule has 0 saturated carbocycles. The summed E-state index contributed by atoms with van der Waals surface area (Å²) in [6.07, 6.45) is 0.690. The number of hydrogen-bond donors (Lipinski definition) is 1. The molecule has 1 aliphatic rings. The maximum Gasteiger partial charge on any atom is 0.335 e. The number of para-hydroxylation sites is 1. The van der Waals surface area contributed by atoms with Gasteiger partial charge in [-0.2, -0.15) is 0 Å². The summed E-state index contributed by atoms with van der Waals surface area (Å²) >= 11 is 0. The smallest absolute Gasteiger partial charge is 0.335 e. The van der Waals surface area contributed by atoms with Gasteiger partial charge in [0.1, 0.15) is 5.69 Å². The highest BCUT2D eigenvalue weighted by atomic mass is 19.1. The van der Waals surface area contributed by atoms with Crippen LogP contribution in [0.2, 0.25) is 0 Å². The molecule has 1 N–H and O–H groups in total. The molecule has 2 aromatic carbocycles. The second-order valence-electron chi connectivity index (χ2n) is 5.15. The highest BCUT2D eigenvalue weighted by Crippen LogP contribution is 2.40. The summed E-state index contributed by atoms with van der Waals surface area (Å²) in [6, 6.07) is 9.04.